The standard InChI is InChI=1S/C15H25NO3/c1-6-11-8-7-9-12(11)19-13(17)16-14(2,3)10-18-15(16,4)5/h6,11-12H,1,7-10H2,2-5H3/t11-,12-/m1/s1. The van der Waals surface area contributed by atoms with Gasteiger partial charge in [-0.25, -0.2) is 4.79 Å². The lowest BCUT2D eigenvalue weighted by Crippen LogP contribution is -2.53. The summed E-state index contributed by atoms with van der Waals surface area (Å²) in [6.07, 6.45) is 4.69. The van der Waals surface area contributed by atoms with Crippen LogP contribution < -0.4 is 0 Å². The summed E-state index contributed by atoms with van der Waals surface area (Å²) in [5.74, 6) is 0.290. The molecule has 1 aliphatic heterocycles. The van der Waals surface area contributed by atoms with Gasteiger partial charge in [0.2, 0.25) is 0 Å². The molecule has 1 saturated heterocycles. The van der Waals surface area contributed by atoms with Gasteiger partial charge in [0.05, 0.1) is 12.1 Å². The van der Waals surface area contributed by atoms with Crippen LogP contribution in [-0.2, 0) is 9.47 Å². The van der Waals surface area contributed by atoms with E-state index in [1.54, 1.807) is 4.90 Å². The molecule has 0 unspecified atom stereocenters. The van der Waals surface area contributed by atoms with Crippen LogP contribution in [0.1, 0.15) is 47.0 Å². The Kier molecular flexibility index (Phi) is 3.65. The maximum Gasteiger partial charge on any atom is 0.412 e. The number of rotatable bonds is 2. The Morgan fingerprint density at radius 2 is 2.05 bits per heavy atom. The van der Waals surface area contributed by atoms with Gasteiger partial charge in [0, 0.05) is 5.92 Å². The smallest absolute Gasteiger partial charge is 0.412 e. The normalized spacial score (nSPS) is 32.3. The molecular formula is C15H25NO3. The van der Waals surface area contributed by atoms with Crippen LogP contribution in [0, 0.1) is 5.92 Å². The Morgan fingerprint density at radius 1 is 1.37 bits per heavy atom. The SMILES string of the molecule is C=C[C@@H]1CCC[C@H]1OC(=O)N1C(C)(C)COC1(C)C. The van der Waals surface area contributed by atoms with E-state index in [1.165, 1.54) is 0 Å². The second kappa shape index (κ2) is 4.82. The lowest BCUT2D eigenvalue weighted by Gasteiger charge is -2.37. The van der Waals surface area contributed by atoms with Crippen LogP contribution in [0.15, 0.2) is 12.7 Å². The van der Waals surface area contributed by atoms with Gasteiger partial charge in [-0.15, -0.1) is 6.58 Å². The lowest BCUT2D eigenvalue weighted by atomic mass is 10.0. The van der Waals surface area contributed by atoms with E-state index < -0.39 is 5.72 Å². The first-order valence-electron chi connectivity index (χ1n) is 7.05. The van der Waals surface area contributed by atoms with Gasteiger partial charge in [0.25, 0.3) is 0 Å². The fourth-order valence-electron chi connectivity index (χ4n) is 3.23. The van der Waals surface area contributed by atoms with E-state index in [0.717, 1.165) is 19.3 Å². The highest BCUT2D eigenvalue weighted by Crippen LogP contribution is 2.37. The van der Waals surface area contributed by atoms with Crippen molar-refractivity contribution in [3.8, 4) is 0 Å². The summed E-state index contributed by atoms with van der Waals surface area (Å²) in [5.41, 5.74) is -0.939. The second-order valence-electron chi connectivity index (χ2n) is 6.64. The van der Waals surface area contributed by atoms with Gasteiger partial charge in [-0.2, -0.15) is 0 Å². The summed E-state index contributed by atoms with van der Waals surface area (Å²) >= 11 is 0. The van der Waals surface area contributed by atoms with Gasteiger partial charge < -0.3 is 9.47 Å². The Balaban J connectivity index is 2.08. The summed E-state index contributed by atoms with van der Waals surface area (Å²) in [7, 11) is 0. The molecule has 1 heterocycles. The third-order valence-electron chi connectivity index (χ3n) is 4.16. The van der Waals surface area contributed by atoms with Crippen LogP contribution in [0.5, 0.6) is 0 Å². The first-order valence-corrected chi connectivity index (χ1v) is 7.05. The van der Waals surface area contributed by atoms with Gasteiger partial charge in [0.1, 0.15) is 11.8 Å². The van der Waals surface area contributed by atoms with E-state index >= 15 is 0 Å². The molecule has 0 bridgehead atoms. The quantitative estimate of drug-likeness (QED) is 0.720. The molecule has 1 saturated carbocycles. The van der Waals surface area contributed by atoms with Gasteiger partial charge in [0.15, 0.2) is 0 Å². The largest absolute Gasteiger partial charge is 0.445 e. The molecule has 0 N–H and O–H groups in total. The molecule has 19 heavy (non-hydrogen) atoms. The first kappa shape index (κ1) is 14.4. The van der Waals surface area contributed by atoms with Crippen molar-refractivity contribution in [3.63, 3.8) is 0 Å². The number of hydrogen-bond acceptors (Lipinski definition) is 3. The molecule has 0 radical (unpaired) electrons. The maximum absolute atomic E-state index is 12.5. The molecule has 1 aliphatic carbocycles. The zero-order valence-corrected chi connectivity index (χ0v) is 12.4. The van der Waals surface area contributed by atoms with Crippen LogP contribution in [0.3, 0.4) is 0 Å². The van der Waals surface area contributed by atoms with Crippen LogP contribution in [0.25, 0.3) is 0 Å². The molecule has 2 fully saturated rings. The van der Waals surface area contributed by atoms with E-state index in [-0.39, 0.29) is 17.7 Å². The molecule has 0 spiro atoms. The summed E-state index contributed by atoms with van der Waals surface area (Å²) in [6.45, 7) is 12.2. The molecule has 2 rings (SSSR count). The molecular weight excluding hydrogens is 242 g/mol. The fraction of sp³-hybridized carbons (Fsp3) is 0.800. The highest BCUT2D eigenvalue weighted by molar-refractivity contribution is 5.70. The molecule has 2 aliphatic rings. The topological polar surface area (TPSA) is 38.8 Å². The van der Waals surface area contributed by atoms with Crippen molar-refractivity contribution in [1.82, 2.24) is 4.90 Å². The van der Waals surface area contributed by atoms with Crippen molar-refractivity contribution in [3.05, 3.63) is 12.7 Å². The molecule has 4 nitrogen and oxygen atoms in total. The van der Waals surface area contributed by atoms with Crippen LogP contribution in [0.4, 0.5) is 4.79 Å². The number of hydrogen-bond donors (Lipinski definition) is 0. The average molecular weight is 267 g/mol. The summed E-state index contributed by atoms with van der Waals surface area (Å²) in [4.78, 5) is 14.2. The van der Waals surface area contributed by atoms with Gasteiger partial charge in [-0.05, 0) is 47.0 Å². The van der Waals surface area contributed by atoms with E-state index in [1.807, 2.05) is 33.8 Å². The van der Waals surface area contributed by atoms with Crippen molar-refractivity contribution in [1.29, 1.82) is 0 Å². The monoisotopic (exact) mass is 267 g/mol. The molecule has 4 heteroatoms. The Labute approximate surface area is 115 Å². The second-order valence-corrected chi connectivity index (χ2v) is 6.64. The predicted octanol–water partition coefficient (Wildman–Crippen LogP) is 3.32. The minimum absolute atomic E-state index is 0.0304. The number of nitrogens with zero attached hydrogens (tertiary/aromatic N) is 1. The van der Waals surface area contributed by atoms with E-state index in [2.05, 4.69) is 6.58 Å². The van der Waals surface area contributed by atoms with Gasteiger partial charge in [-0.3, -0.25) is 4.90 Å². The Bertz CT molecular complexity index is 360. The van der Waals surface area contributed by atoms with Crippen molar-refractivity contribution in [2.75, 3.05) is 6.61 Å². The van der Waals surface area contributed by atoms with E-state index in [0.29, 0.717) is 12.5 Å². The number of ether oxygens (including phenoxy) is 2. The Hall–Kier alpha value is -1.03. The zero-order valence-electron chi connectivity index (χ0n) is 12.4. The van der Waals surface area contributed by atoms with E-state index in [4.69, 9.17) is 9.47 Å². The number of carbonyl (C=O) groups is 1. The molecule has 0 aromatic carbocycles. The van der Waals surface area contributed by atoms with Crippen LogP contribution in [-0.4, -0.2) is 35.0 Å². The van der Waals surface area contributed by atoms with Crippen LogP contribution in [0.2, 0.25) is 0 Å². The third-order valence-corrected chi connectivity index (χ3v) is 4.16. The summed E-state index contributed by atoms with van der Waals surface area (Å²) < 4.78 is 11.4. The third kappa shape index (κ3) is 2.64. The van der Waals surface area contributed by atoms with E-state index in [9.17, 15) is 4.79 Å². The molecule has 2 atom stereocenters. The summed E-state index contributed by atoms with van der Waals surface area (Å²) in [6, 6.07) is 0. The minimum Gasteiger partial charge on any atom is -0.445 e. The average Bonchev–Trinajstić information content (AvgIpc) is 2.81. The highest BCUT2D eigenvalue weighted by Gasteiger charge is 2.50. The van der Waals surface area contributed by atoms with Gasteiger partial charge in [-0.1, -0.05) is 6.08 Å². The van der Waals surface area contributed by atoms with Crippen molar-refractivity contribution in [2.45, 2.75) is 64.3 Å². The molecule has 0 aromatic rings. The predicted molar refractivity (Wildman–Crippen MR) is 73.8 cm³/mol. The summed E-state index contributed by atoms with van der Waals surface area (Å²) in [5, 5.41) is 0. The van der Waals surface area contributed by atoms with Crippen molar-refractivity contribution < 1.29 is 14.3 Å². The van der Waals surface area contributed by atoms with Gasteiger partial charge >= 0.3 is 6.09 Å². The molecule has 1 amide bonds. The molecule has 108 valence electrons. The van der Waals surface area contributed by atoms with Crippen LogP contribution >= 0.6 is 0 Å². The van der Waals surface area contributed by atoms with Crippen molar-refractivity contribution >= 4 is 6.09 Å². The minimum atomic E-state index is -0.608. The highest BCUT2D eigenvalue weighted by atomic mass is 16.6. The Morgan fingerprint density at radius 3 is 2.58 bits per heavy atom. The maximum atomic E-state index is 12.5. The zero-order chi connectivity index (χ0) is 14.3. The first-order chi connectivity index (χ1) is 8.78. The fourth-order valence-corrected chi connectivity index (χ4v) is 3.23. The number of carbonyl (C=O) groups excluding carboxylic acids is 1. The number of amides is 1. The molecule has 0 aromatic heterocycles. The van der Waals surface area contributed by atoms with Crippen molar-refractivity contribution in [2.24, 2.45) is 5.92 Å². The lowest BCUT2D eigenvalue weighted by molar-refractivity contribution is -0.0598.